The van der Waals surface area contributed by atoms with Crippen LogP contribution in [-0.4, -0.2) is 44.6 Å². The molecule has 1 atom stereocenters. The first-order valence-electron chi connectivity index (χ1n) is 12.3. The fraction of sp³-hybridized carbons (Fsp3) is 0.286. The van der Waals surface area contributed by atoms with E-state index in [-0.39, 0.29) is 23.1 Å². The Morgan fingerprint density at radius 1 is 1.03 bits per heavy atom. The van der Waals surface area contributed by atoms with E-state index < -0.39 is 0 Å². The number of carbonyl (C=O) groups is 2. The highest BCUT2D eigenvalue weighted by Crippen LogP contribution is 2.59. The van der Waals surface area contributed by atoms with Crippen molar-refractivity contribution in [3.8, 4) is 16.3 Å². The third kappa shape index (κ3) is 4.56. The molecule has 6 rings (SSSR count). The molecular formula is C28H27N5O2S. The Balaban J connectivity index is 0.998. The van der Waals surface area contributed by atoms with Crippen LogP contribution in [0.5, 0.6) is 0 Å². The summed E-state index contributed by atoms with van der Waals surface area (Å²) in [6.07, 6.45) is 6.61. The van der Waals surface area contributed by atoms with Gasteiger partial charge in [-0.15, -0.1) is 11.3 Å². The summed E-state index contributed by atoms with van der Waals surface area (Å²) in [5.41, 5.74) is 3.69. The number of anilines is 1. The van der Waals surface area contributed by atoms with Gasteiger partial charge < -0.3 is 10.2 Å². The molecule has 0 unspecified atom stereocenters. The number of thiazole rings is 1. The van der Waals surface area contributed by atoms with E-state index in [4.69, 9.17) is 0 Å². The van der Waals surface area contributed by atoms with E-state index in [9.17, 15) is 9.59 Å². The third-order valence-electron chi connectivity index (χ3n) is 7.43. The van der Waals surface area contributed by atoms with Crippen molar-refractivity contribution in [1.29, 1.82) is 0 Å². The average molecular weight is 498 g/mol. The molecule has 1 saturated carbocycles. The van der Waals surface area contributed by atoms with Crippen molar-refractivity contribution in [2.75, 3.05) is 18.4 Å². The number of amides is 2. The van der Waals surface area contributed by atoms with Crippen molar-refractivity contribution in [3.63, 3.8) is 0 Å². The zero-order chi connectivity index (χ0) is 24.5. The largest absolute Gasteiger partial charge is 0.342 e. The molecule has 0 bridgehead atoms. The van der Waals surface area contributed by atoms with Gasteiger partial charge in [-0.05, 0) is 55.0 Å². The van der Waals surface area contributed by atoms with Crippen LogP contribution < -0.4 is 5.32 Å². The molecule has 182 valence electrons. The predicted octanol–water partition coefficient (Wildman–Crippen LogP) is 4.81. The number of likely N-dealkylation sites (tertiary alicyclic amines) is 1. The van der Waals surface area contributed by atoms with Crippen molar-refractivity contribution >= 4 is 28.8 Å². The molecule has 8 heteroatoms. The smallest absolute Gasteiger partial charge is 0.228 e. The zero-order valence-corrected chi connectivity index (χ0v) is 20.7. The van der Waals surface area contributed by atoms with E-state index in [0.717, 1.165) is 46.9 Å². The van der Waals surface area contributed by atoms with Gasteiger partial charge in [-0.3, -0.25) is 9.59 Å². The van der Waals surface area contributed by atoms with E-state index in [1.165, 1.54) is 0 Å². The summed E-state index contributed by atoms with van der Waals surface area (Å²) in [5.74, 6) is 0.221. The van der Waals surface area contributed by atoms with Gasteiger partial charge in [0.1, 0.15) is 5.01 Å². The maximum atomic E-state index is 12.9. The minimum Gasteiger partial charge on any atom is -0.342 e. The molecule has 7 nitrogen and oxygen atoms in total. The maximum Gasteiger partial charge on any atom is 0.228 e. The normalized spacial score (nSPS) is 18.2. The zero-order valence-electron chi connectivity index (χ0n) is 19.8. The highest BCUT2D eigenvalue weighted by molar-refractivity contribution is 7.13. The first-order valence-corrected chi connectivity index (χ1v) is 13.2. The van der Waals surface area contributed by atoms with Crippen LogP contribution in [0.15, 0.2) is 78.4 Å². The highest BCUT2D eigenvalue weighted by Gasteiger charge is 2.58. The molecule has 1 saturated heterocycles. The fourth-order valence-corrected chi connectivity index (χ4v) is 6.01. The summed E-state index contributed by atoms with van der Waals surface area (Å²) < 4.78 is 1.78. The Labute approximate surface area is 213 Å². The number of carbonyl (C=O) groups excluding carboxylic acids is 2. The number of hydrogen-bond acceptors (Lipinski definition) is 5. The molecule has 1 N–H and O–H groups in total. The van der Waals surface area contributed by atoms with Gasteiger partial charge in [0.2, 0.25) is 11.8 Å². The first-order chi connectivity index (χ1) is 17.6. The summed E-state index contributed by atoms with van der Waals surface area (Å²) in [5, 5.41) is 10.2. The molecule has 2 aromatic heterocycles. The van der Waals surface area contributed by atoms with Crippen LogP contribution in [0.1, 0.15) is 25.0 Å². The number of hydrogen-bond donors (Lipinski definition) is 1. The minimum absolute atomic E-state index is 0.0208. The highest BCUT2D eigenvalue weighted by atomic mass is 32.1. The van der Waals surface area contributed by atoms with Crippen LogP contribution in [0.25, 0.3) is 16.3 Å². The van der Waals surface area contributed by atoms with Crippen molar-refractivity contribution in [2.24, 2.45) is 11.3 Å². The van der Waals surface area contributed by atoms with Gasteiger partial charge in [0.15, 0.2) is 0 Å². The SMILES string of the molecule is O=C(Nc1ccc(-n2cccn2)cc1)[C@H]1CC12CCN(C(=O)Cc1csc(-c3ccccc3)n1)CC2. The Hall–Kier alpha value is -3.78. The molecular weight excluding hydrogens is 470 g/mol. The van der Waals surface area contributed by atoms with Gasteiger partial charge in [0.05, 0.1) is 17.8 Å². The third-order valence-corrected chi connectivity index (χ3v) is 8.37. The van der Waals surface area contributed by atoms with Gasteiger partial charge >= 0.3 is 0 Å². The average Bonchev–Trinajstić information content (AvgIpc) is 3.26. The van der Waals surface area contributed by atoms with Crippen LogP contribution in [0.2, 0.25) is 0 Å². The van der Waals surface area contributed by atoms with E-state index in [0.29, 0.717) is 19.5 Å². The summed E-state index contributed by atoms with van der Waals surface area (Å²) in [6, 6.07) is 19.6. The van der Waals surface area contributed by atoms with Gasteiger partial charge in [-0.2, -0.15) is 5.10 Å². The lowest BCUT2D eigenvalue weighted by Crippen LogP contribution is -2.41. The minimum atomic E-state index is 0.0208. The molecule has 2 amide bonds. The van der Waals surface area contributed by atoms with Crippen molar-refractivity contribution in [2.45, 2.75) is 25.7 Å². The second-order valence-electron chi connectivity index (χ2n) is 9.67. The number of piperidine rings is 1. The number of nitrogens with one attached hydrogen (secondary N) is 1. The van der Waals surface area contributed by atoms with E-state index >= 15 is 0 Å². The Bertz CT molecular complexity index is 1360. The molecule has 1 aliphatic heterocycles. The molecule has 2 aliphatic rings. The molecule has 3 heterocycles. The number of nitrogens with zero attached hydrogens (tertiary/aromatic N) is 4. The van der Waals surface area contributed by atoms with Crippen LogP contribution in [0, 0.1) is 11.3 Å². The Morgan fingerprint density at radius 2 is 1.81 bits per heavy atom. The second-order valence-corrected chi connectivity index (χ2v) is 10.5. The summed E-state index contributed by atoms with van der Waals surface area (Å²) in [7, 11) is 0. The lowest BCUT2D eigenvalue weighted by molar-refractivity contribution is -0.132. The van der Waals surface area contributed by atoms with Crippen molar-refractivity contribution < 1.29 is 9.59 Å². The molecule has 4 aromatic rings. The van der Waals surface area contributed by atoms with Crippen molar-refractivity contribution in [3.05, 3.63) is 84.1 Å². The van der Waals surface area contributed by atoms with Crippen LogP contribution >= 0.6 is 11.3 Å². The lowest BCUT2D eigenvalue weighted by Gasteiger charge is -2.32. The number of rotatable bonds is 6. The van der Waals surface area contributed by atoms with Gasteiger partial charge in [-0.25, -0.2) is 9.67 Å². The molecule has 1 spiro atoms. The summed E-state index contributed by atoms with van der Waals surface area (Å²) >= 11 is 1.57. The number of aromatic nitrogens is 3. The van der Waals surface area contributed by atoms with Crippen LogP contribution in [-0.2, 0) is 16.0 Å². The van der Waals surface area contributed by atoms with Crippen LogP contribution in [0.3, 0.4) is 0 Å². The van der Waals surface area contributed by atoms with Crippen molar-refractivity contribution in [1.82, 2.24) is 19.7 Å². The standard InChI is InChI=1S/C28H27N5O2S/c34-25(17-22-19-36-27(31-22)20-5-2-1-3-6-20)32-15-11-28(12-16-32)18-24(28)26(35)30-21-7-9-23(10-8-21)33-14-4-13-29-33/h1-10,13-14,19,24H,11-12,15-18H2,(H,30,35)/t24-/m1/s1. The molecule has 36 heavy (non-hydrogen) atoms. The van der Waals surface area contributed by atoms with E-state index in [2.05, 4.69) is 15.4 Å². The monoisotopic (exact) mass is 497 g/mol. The molecule has 1 aliphatic carbocycles. The van der Waals surface area contributed by atoms with Gasteiger partial charge in [0, 0.05) is 48.0 Å². The van der Waals surface area contributed by atoms with E-state index in [1.54, 1.807) is 22.2 Å². The fourth-order valence-electron chi connectivity index (χ4n) is 5.19. The van der Waals surface area contributed by atoms with Crippen LogP contribution in [0.4, 0.5) is 5.69 Å². The molecule has 2 aromatic carbocycles. The Morgan fingerprint density at radius 3 is 2.53 bits per heavy atom. The summed E-state index contributed by atoms with van der Waals surface area (Å²) in [4.78, 5) is 32.4. The first kappa shape index (κ1) is 22.7. The van der Waals surface area contributed by atoms with E-state index in [1.807, 2.05) is 77.1 Å². The van der Waals surface area contributed by atoms with Gasteiger partial charge in [0.25, 0.3) is 0 Å². The van der Waals surface area contributed by atoms with Gasteiger partial charge in [-0.1, -0.05) is 30.3 Å². The quantitative estimate of drug-likeness (QED) is 0.415. The number of benzene rings is 2. The molecule has 0 radical (unpaired) electrons. The molecule has 2 fully saturated rings. The second kappa shape index (κ2) is 9.35. The topological polar surface area (TPSA) is 80.1 Å². The lowest BCUT2D eigenvalue weighted by atomic mass is 9.90. The maximum absolute atomic E-state index is 12.9. The predicted molar refractivity (Wildman–Crippen MR) is 140 cm³/mol. The Kier molecular flexibility index (Phi) is 5.89. The summed E-state index contributed by atoms with van der Waals surface area (Å²) in [6.45, 7) is 1.41.